The van der Waals surface area contributed by atoms with Crippen LogP contribution in [0.1, 0.15) is 24.6 Å². The second kappa shape index (κ2) is 11.6. The van der Waals surface area contributed by atoms with Crippen LogP contribution in [0.25, 0.3) is 0 Å². The van der Waals surface area contributed by atoms with Crippen molar-refractivity contribution in [3.05, 3.63) is 29.6 Å². The molecule has 0 aliphatic carbocycles. The second-order valence-electron chi connectivity index (χ2n) is 5.05. The molecule has 1 aromatic rings. The molecule has 0 bridgehead atoms. The predicted molar refractivity (Wildman–Crippen MR) is 85.3 cm³/mol. The van der Waals surface area contributed by atoms with Crippen LogP contribution in [-0.2, 0) is 22.6 Å². The molecule has 0 fully saturated rings. The molecule has 0 aliphatic rings. The molecule has 0 amide bonds. The van der Waals surface area contributed by atoms with Crippen molar-refractivity contribution < 1.29 is 9.47 Å². The summed E-state index contributed by atoms with van der Waals surface area (Å²) in [5.74, 6) is 0. The Kier molecular flexibility index (Phi) is 9.99. The van der Waals surface area contributed by atoms with E-state index in [4.69, 9.17) is 9.47 Å². The minimum absolute atomic E-state index is 0.742. The molecule has 1 N–H and O–H groups in total. The average Bonchev–Trinajstić information content (AvgIpc) is 2.52. The van der Waals surface area contributed by atoms with Crippen LogP contribution in [0.15, 0.2) is 18.3 Å². The summed E-state index contributed by atoms with van der Waals surface area (Å²) in [7, 11) is 3.48. The van der Waals surface area contributed by atoms with Crippen LogP contribution >= 0.6 is 0 Å². The molecule has 0 aliphatic heterocycles. The monoisotopic (exact) mass is 295 g/mol. The van der Waals surface area contributed by atoms with Crippen molar-refractivity contribution in [2.75, 3.05) is 47.1 Å². The summed E-state index contributed by atoms with van der Waals surface area (Å²) in [6.07, 6.45) is 2.99. The molecule has 1 aromatic heterocycles. The molecule has 0 spiro atoms. The second-order valence-corrected chi connectivity index (χ2v) is 5.05. The van der Waals surface area contributed by atoms with Crippen LogP contribution in [0.2, 0.25) is 0 Å². The van der Waals surface area contributed by atoms with E-state index in [0.29, 0.717) is 0 Å². The first-order valence-electron chi connectivity index (χ1n) is 7.65. The zero-order valence-corrected chi connectivity index (χ0v) is 13.6. The topological polar surface area (TPSA) is 46.6 Å². The smallest absolute Gasteiger partial charge is 0.0589 e. The predicted octanol–water partition coefficient (Wildman–Crippen LogP) is 1.68. The highest BCUT2D eigenvalue weighted by molar-refractivity contribution is 5.13. The van der Waals surface area contributed by atoms with Crippen molar-refractivity contribution >= 4 is 0 Å². The van der Waals surface area contributed by atoms with Crippen molar-refractivity contribution in [1.29, 1.82) is 0 Å². The molecule has 0 saturated carbocycles. The highest BCUT2D eigenvalue weighted by atomic mass is 16.5. The zero-order valence-electron chi connectivity index (χ0n) is 13.6. The fourth-order valence-corrected chi connectivity index (χ4v) is 2.07. The molecule has 21 heavy (non-hydrogen) atoms. The Morgan fingerprint density at radius 1 is 1.14 bits per heavy atom. The third kappa shape index (κ3) is 8.12. The van der Waals surface area contributed by atoms with E-state index in [-0.39, 0.29) is 0 Å². The first-order valence-corrected chi connectivity index (χ1v) is 7.65. The standard InChI is InChI=1S/C16H29N3O2/c1-4-17-12-15-6-7-16(18-13-15)14-19(9-11-21-3)8-5-10-20-2/h6-7,13,17H,4-5,8-12,14H2,1-3H3. The summed E-state index contributed by atoms with van der Waals surface area (Å²) in [6.45, 7) is 8.27. The van der Waals surface area contributed by atoms with Crippen LogP contribution < -0.4 is 5.32 Å². The van der Waals surface area contributed by atoms with Crippen molar-refractivity contribution in [3.63, 3.8) is 0 Å². The van der Waals surface area contributed by atoms with E-state index < -0.39 is 0 Å². The lowest BCUT2D eigenvalue weighted by atomic mass is 10.2. The van der Waals surface area contributed by atoms with E-state index in [1.807, 2.05) is 6.20 Å². The molecule has 0 unspecified atom stereocenters. The van der Waals surface area contributed by atoms with Crippen LogP contribution in [-0.4, -0.2) is 57.0 Å². The molecule has 5 nitrogen and oxygen atoms in total. The van der Waals surface area contributed by atoms with E-state index in [0.717, 1.165) is 58.1 Å². The van der Waals surface area contributed by atoms with Gasteiger partial charge in [0.15, 0.2) is 0 Å². The van der Waals surface area contributed by atoms with Gasteiger partial charge in [0.1, 0.15) is 0 Å². The molecular weight excluding hydrogens is 266 g/mol. The number of nitrogens with one attached hydrogen (secondary N) is 1. The normalized spacial score (nSPS) is 11.2. The van der Waals surface area contributed by atoms with Gasteiger partial charge in [0.25, 0.3) is 0 Å². The van der Waals surface area contributed by atoms with Gasteiger partial charge in [-0.1, -0.05) is 13.0 Å². The molecule has 0 radical (unpaired) electrons. The Hall–Kier alpha value is -1.01. The van der Waals surface area contributed by atoms with Gasteiger partial charge in [-0.2, -0.15) is 0 Å². The number of hydrogen-bond donors (Lipinski definition) is 1. The van der Waals surface area contributed by atoms with Gasteiger partial charge in [-0.15, -0.1) is 0 Å². The van der Waals surface area contributed by atoms with Gasteiger partial charge in [-0.25, -0.2) is 0 Å². The number of ether oxygens (including phenoxy) is 2. The van der Waals surface area contributed by atoms with Crippen LogP contribution in [0.3, 0.4) is 0 Å². The van der Waals surface area contributed by atoms with Gasteiger partial charge >= 0.3 is 0 Å². The molecule has 120 valence electrons. The van der Waals surface area contributed by atoms with E-state index in [9.17, 15) is 0 Å². The summed E-state index contributed by atoms with van der Waals surface area (Å²) in [5, 5.41) is 3.31. The Morgan fingerprint density at radius 2 is 1.95 bits per heavy atom. The van der Waals surface area contributed by atoms with E-state index >= 15 is 0 Å². The van der Waals surface area contributed by atoms with Crippen molar-refractivity contribution in [3.8, 4) is 0 Å². The Bertz CT molecular complexity index is 357. The number of rotatable bonds is 12. The maximum atomic E-state index is 5.18. The fraction of sp³-hybridized carbons (Fsp3) is 0.688. The van der Waals surface area contributed by atoms with E-state index in [2.05, 4.69) is 34.3 Å². The maximum absolute atomic E-state index is 5.18. The van der Waals surface area contributed by atoms with Gasteiger partial charge in [-0.05, 0) is 24.6 Å². The zero-order chi connectivity index (χ0) is 15.3. The SMILES string of the molecule is CCNCc1ccc(CN(CCCOC)CCOC)nc1. The summed E-state index contributed by atoms with van der Waals surface area (Å²) in [5.41, 5.74) is 2.33. The van der Waals surface area contributed by atoms with Crippen LogP contribution in [0, 0.1) is 0 Å². The lowest BCUT2D eigenvalue weighted by Gasteiger charge is -2.21. The highest BCUT2D eigenvalue weighted by Crippen LogP contribution is 2.05. The number of nitrogens with zero attached hydrogens (tertiary/aromatic N) is 2. The lowest BCUT2D eigenvalue weighted by Crippen LogP contribution is -2.29. The summed E-state index contributed by atoms with van der Waals surface area (Å²) in [6, 6.07) is 4.26. The van der Waals surface area contributed by atoms with E-state index in [1.165, 1.54) is 5.56 Å². The largest absolute Gasteiger partial charge is 0.385 e. The first kappa shape index (κ1) is 18.0. The number of hydrogen-bond acceptors (Lipinski definition) is 5. The van der Waals surface area contributed by atoms with Gasteiger partial charge in [0, 0.05) is 53.2 Å². The van der Waals surface area contributed by atoms with Gasteiger partial charge < -0.3 is 14.8 Å². The average molecular weight is 295 g/mol. The third-order valence-electron chi connectivity index (χ3n) is 3.29. The molecule has 1 rings (SSSR count). The summed E-state index contributed by atoms with van der Waals surface area (Å²) >= 11 is 0. The van der Waals surface area contributed by atoms with Gasteiger partial charge in [-0.3, -0.25) is 9.88 Å². The Labute approximate surface area is 128 Å². The van der Waals surface area contributed by atoms with Crippen LogP contribution in [0.5, 0.6) is 0 Å². The number of aromatic nitrogens is 1. The molecule has 5 heteroatoms. The Balaban J connectivity index is 2.47. The lowest BCUT2D eigenvalue weighted by molar-refractivity contribution is 0.128. The summed E-state index contributed by atoms with van der Waals surface area (Å²) < 4.78 is 10.3. The molecular formula is C16H29N3O2. The molecule has 0 atom stereocenters. The van der Waals surface area contributed by atoms with Crippen LogP contribution in [0.4, 0.5) is 0 Å². The summed E-state index contributed by atoms with van der Waals surface area (Å²) in [4.78, 5) is 6.91. The molecule has 1 heterocycles. The number of methoxy groups -OCH3 is 2. The van der Waals surface area contributed by atoms with Crippen molar-refractivity contribution in [2.24, 2.45) is 0 Å². The van der Waals surface area contributed by atoms with E-state index in [1.54, 1.807) is 14.2 Å². The Morgan fingerprint density at radius 3 is 2.57 bits per heavy atom. The minimum Gasteiger partial charge on any atom is -0.385 e. The molecule has 0 aromatic carbocycles. The van der Waals surface area contributed by atoms with Gasteiger partial charge in [0.2, 0.25) is 0 Å². The van der Waals surface area contributed by atoms with Crippen molar-refractivity contribution in [1.82, 2.24) is 15.2 Å². The molecule has 0 saturated heterocycles. The minimum atomic E-state index is 0.742. The van der Waals surface area contributed by atoms with Gasteiger partial charge in [0.05, 0.1) is 12.3 Å². The number of pyridine rings is 1. The quantitative estimate of drug-likeness (QED) is 0.594. The fourth-order valence-electron chi connectivity index (χ4n) is 2.07. The van der Waals surface area contributed by atoms with Crippen molar-refractivity contribution in [2.45, 2.75) is 26.4 Å². The maximum Gasteiger partial charge on any atom is 0.0589 e. The third-order valence-corrected chi connectivity index (χ3v) is 3.29. The first-order chi connectivity index (χ1) is 10.3. The highest BCUT2D eigenvalue weighted by Gasteiger charge is 2.07.